The second kappa shape index (κ2) is 5.55. The normalized spacial score (nSPS) is 23.1. The molecule has 0 bridgehead atoms. The van der Waals surface area contributed by atoms with Gasteiger partial charge in [-0.05, 0) is 25.7 Å². The summed E-state index contributed by atoms with van der Waals surface area (Å²) in [4.78, 5) is 4.27. The summed E-state index contributed by atoms with van der Waals surface area (Å²) in [5.74, 6) is 5.52. The molecule has 1 aliphatic rings. The van der Waals surface area contributed by atoms with Crippen LogP contribution in [0.2, 0.25) is 0 Å². The zero-order chi connectivity index (χ0) is 10.5. The fourth-order valence-electron chi connectivity index (χ4n) is 1.94. The number of nitrogens with one attached hydrogen (secondary N) is 1. The molecular formula is C10H17N3OS. The number of hydrogen-bond donors (Lipinski definition) is 2. The van der Waals surface area contributed by atoms with E-state index in [1.165, 1.54) is 12.8 Å². The van der Waals surface area contributed by atoms with Crippen molar-refractivity contribution in [3.63, 3.8) is 0 Å². The van der Waals surface area contributed by atoms with Crippen LogP contribution in [0.1, 0.15) is 37.4 Å². The minimum absolute atomic E-state index is 0.167. The van der Waals surface area contributed by atoms with Crippen molar-refractivity contribution >= 4 is 11.3 Å². The zero-order valence-electron chi connectivity index (χ0n) is 8.69. The fourth-order valence-corrected chi connectivity index (χ4v) is 2.54. The van der Waals surface area contributed by atoms with Crippen LogP contribution in [0.5, 0.6) is 0 Å². The maximum atomic E-state index is 5.58. The molecule has 1 fully saturated rings. The van der Waals surface area contributed by atoms with E-state index in [-0.39, 0.29) is 6.04 Å². The van der Waals surface area contributed by atoms with Gasteiger partial charge >= 0.3 is 0 Å². The molecule has 15 heavy (non-hydrogen) atoms. The number of ether oxygens (including phenoxy) is 1. The summed E-state index contributed by atoms with van der Waals surface area (Å²) in [5, 5.41) is 2.04. The number of aromatic nitrogens is 1. The summed E-state index contributed by atoms with van der Waals surface area (Å²) in [6.07, 6.45) is 4.87. The quantitative estimate of drug-likeness (QED) is 0.592. The molecule has 4 nitrogen and oxygen atoms in total. The standard InChI is InChI=1S/C10H17N3OS/c11-13-9(10-6-15-7-12-10)4-3-8-2-1-5-14-8/h6-9,13H,1-5,11H2. The number of hydrazine groups is 1. The highest BCUT2D eigenvalue weighted by Gasteiger charge is 2.18. The highest BCUT2D eigenvalue weighted by Crippen LogP contribution is 2.23. The molecule has 0 radical (unpaired) electrons. The van der Waals surface area contributed by atoms with Crippen molar-refractivity contribution in [3.8, 4) is 0 Å². The van der Waals surface area contributed by atoms with E-state index in [1.807, 2.05) is 10.9 Å². The summed E-state index contributed by atoms with van der Waals surface area (Å²) in [6.45, 7) is 0.919. The average molecular weight is 227 g/mol. The summed E-state index contributed by atoms with van der Waals surface area (Å²) in [5.41, 5.74) is 5.70. The van der Waals surface area contributed by atoms with Crippen LogP contribution >= 0.6 is 11.3 Å². The van der Waals surface area contributed by atoms with Crippen LogP contribution in [0.15, 0.2) is 10.9 Å². The van der Waals surface area contributed by atoms with Gasteiger partial charge in [-0.15, -0.1) is 11.3 Å². The van der Waals surface area contributed by atoms with Gasteiger partial charge in [-0.1, -0.05) is 0 Å². The van der Waals surface area contributed by atoms with Gasteiger partial charge in [-0.25, -0.2) is 4.98 Å². The van der Waals surface area contributed by atoms with E-state index in [0.29, 0.717) is 6.10 Å². The molecule has 1 aliphatic heterocycles. The smallest absolute Gasteiger partial charge is 0.0795 e. The SMILES string of the molecule is NNC(CCC1CCCO1)c1cscn1. The lowest BCUT2D eigenvalue weighted by Gasteiger charge is -2.15. The highest BCUT2D eigenvalue weighted by atomic mass is 32.1. The Morgan fingerprint density at radius 2 is 2.67 bits per heavy atom. The lowest BCUT2D eigenvalue weighted by Crippen LogP contribution is -2.29. The van der Waals surface area contributed by atoms with Crippen molar-refractivity contribution in [3.05, 3.63) is 16.6 Å². The van der Waals surface area contributed by atoms with Crippen LogP contribution in [-0.4, -0.2) is 17.7 Å². The van der Waals surface area contributed by atoms with Crippen LogP contribution in [0, 0.1) is 0 Å². The van der Waals surface area contributed by atoms with Gasteiger partial charge in [-0.3, -0.25) is 11.3 Å². The highest BCUT2D eigenvalue weighted by molar-refractivity contribution is 7.07. The second-order valence-electron chi connectivity index (χ2n) is 3.84. The second-order valence-corrected chi connectivity index (χ2v) is 4.56. The molecule has 84 valence electrons. The largest absolute Gasteiger partial charge is 0.378 e. The Kier molecular flexibility index (Phi) is 4.08. The molecule has 2 heterocycles. The van der Waals surface area contributed by atoms with Gasteiger partial charge in [0.1, 0.15) is 0 Å². The van der Waals surface area contributed by atoms with Crippen molar-refractivity contribution in [2.24, 2.45) is 5.84 Å². The van der Waals surface area contributed by atoms with E-state index >= 15 is 0 Å². The van der Waals surface area contributed by atoms with E-state index in [9.17, 15) is 0 Å². The van der Waals surface area contributed by atoms with Crippen molar-refractivity contribution in [1.82, 2.24) is 10.4 Å². The Bertz CT molecular complexity index is 272. The molecule has 0 saturated carbocycles. The predicted molar refractivity (Wildman–Crippen MR) is 60.4 cm³/mol. The predicted octanol–water partition coefficient (Wildman–Crippen LogP) is 1.61. The third-order valence-corrected chi connectivity index (χ3v) is 3.42. The molecule has 3 N–H and O–H groups in total. The van der Waals surface area contributed by atoms with Gasteiger partial charge < -0.3 is 4.74 Å². The van der Waals surface area contributed by atoms with Crippen molar-refractivity contribution in [2.75, 3.05) is 6.61 Å². The molecule has 2 atom stereocenters. The molecule has 2 rings (SSSR count). The molecule has 1 aromatic heterocycles. The van der Waals surface area contributed by atoms with E-state index in [1.54, 1.807) is 11.3 Å². The molecule has 5 heteroatoms. The minimum Gasteiger partial charge on any atom is -0.378 e. The van der Waals surface area contributed by atoms with Crippen molar-refractivity contribution in [1.29, 1.82) is 0 Å². The first-order valence-electron chi connectivity index (χ1n) is 5.36. The summed E-state index contributed by atoms with van der Waals surface area (Å²) < 4.78 is 5.58. The van der Waals surface area contributed by atoms with E-state index in [2.05, 4.69) is 10.4 Å². The number of rotatable bonds is 5. The average Bonchev–Trinajstić information content (AvgIpc) is 2.90. The molecule has 1 saturated heterocycles. The van der Waals surface area contributed by atoms with Crippen LogP contribution in [0.3, 0.4) is 0 Å². The lowest BCUT2D eigenvalue weighted by atomic mass is 10.0. The molecule has 0 aliphatic carbocycles. The van der Waals surface area contributed by atoms with Gasteiger partial charge in [0.15, 0.2) is 0 Å². The Hall–Kier alpha value is -0.490. The van der Waals surface area contributed by atoms with E-state index < -0.39 is 0 Å². The molecule has 0 spiro atoms. The van der Waals surface area contributed by atoms with Gasteiger partial charge in [0, 0.05) is 12.0 Å². The number of nitrogens with two attached hydrogens (primary N) is 1. The Balaban J connectivity index is 1.80. The molecule has 2 unspecified atom stereocenters. The van der Waals surface area contributed by atoms with E-state index in [0.717, 1.165) is 25.1 Å². The van der Waals surface area contributed by atoms with Crippen LogP contribution in [0.25, 0.3) is 0 Å². The number of hydrogen-bond acceptors (Lipinski definition) is 5. The maximum absolute atomic E-state index is 5.58. The van der Waals surface area contributed by atoms with E-state index in [4.69, 9.17) is 10.6 Å². The Morgan fingerprint density at radius 3 is 3.27 bits per heavy atom. The van der Waals surface area contributed by atoms with Crippen LogP contribution in [-0.2, 0) is 4.74 Å². The summed E-state index contributed by atoms with van der Waals surface area (Å²) >= 11 is 1.60. The summed E-state index contributed by atoms with van der Waals surface area (Å²) in [7, 11) is 0. The number of thiazole rings is 1. The third kappa shape index (κ3) is 2.98. The van der Waals surface area contributed by atoms with Crippen molar-refractivity contribution in [2.45, 2.75) is 37.8 Å². The van der Waals surface area contributed by atoms with Gasteiger partial charge in [0.2, 0.25) is 0 Å². The molecule has 0 aromatic carbocycles. The first kappa shape index (κ1) is 11.0. The maximum Gasteiger partial charge on any atom is 0.0795 e. The minimum atomic E-state index is 0.167. The van der Waals surface area contributed by atoms with Crippen LogP contribution in [0.4, 0.5) is 0 Å². The van der Waals surface area contributed by atoms with Crippen LogP contribution < -0.4 is 11.3 Å². The first-order chi connectivity index (χ1) is 7.40. The fraction of sp³-hybridized carbons (Fsp3) is 0.700. The topological polar surface area (TPSA) is 60.2 Å². The lowest BCUT2D eigenvalue weighted by molar-refractivity contribution is 0.0995. The molecule has 0 amide bonds. The molecule has 1 aromatic rings. The number of nitrogens with zero attached hydrogens (tertiary/aromatic N) is 1. The van der Waals surface area contributed by atoms with Gasteiger partial charge in [-0.2, -0.15) is 0 Å². The monoisotopic (exact) mass is 227 g/mol. The summed E-state index contributed by atoms with van der Waals surface area (Å²) in [6, 6.07) is 0.167. The van der Waals surface area contributed by atoms with Gasteiger partial charge in [0.25, 0.3) is 0 Å². The van der Waals surface area contributed by atoms with Crippen molar-refractivity contribution < 1.29 is 4.74 Å². The first-order valence-corrected chi connectivity index (χ1v) is 6.30. The zero-order valence-corrected chi connectivity index (χ0v) is 9.50. The third-order valence-electron chi connectivity index (χ3n) is 2.81. The Morgan fingerprint density at radius 1 is 1.73 bits per heavy atom. The molecular weight excluding hydrogens is 210 g/mol. The van der Waals surface area contributed by atoms with Gasteiger partial charge in [0.05, 0.1) is 23.4 Å². The Labute approximate surface area is 93.8 Å².